The summed E-state index contributed by atoms with van der Waals surface area (Å²) in [5.41, 5.74) is 1.97. The summed E-state index contributed by atoms with van der Waals surface area (Å²) in [7, 11) is 0. The second kappa shape index (κ2) is 5.81. The molecule has 2 aromatic rings. The van der Waals surface area contributed by atoms with Crippen molar-refractivity contribution in [2.75, 3.05) is 6.54 Å². The zero-order valence-electron chi connectivity index (χ0n) is 11.1. The number of halogens is 1. The van der Waals surface area contributed by atoms with Crippen molar-refractivity contribution >= 4 is 17.3 Å². The number of hydrogen-bond donors (Lipinski definition) is 1. The van der Waals surface area contributed by atoms with Crippen LogP contribution in [0.5, 0.6) is 0 Å². The molecule has 1 saturated heterocycles. The molecule has 0 unspecified atom stereocenters. The molecule has 1 aliphatic rings. The van der Waals surface area contributed by atoms with E-state index in [9.17, 15) is 10.1 Å². The maximum atomic E-state index is 10.7. The molecule has 0 saturated carbocycles. The molecule has 3 rings (SSSR count). The van der Waals surface area contributed by atoms with Crippen LogP contribution in [0.25, 0.3) is 0 Å². The lowest BCUT2D eigenvalue weighted by atomic mass is 10.1. The molecular weight excluding hydrogens is 292 g/mol. The van der Waals surface area contributed by atoms with Gasteiger partial charge >= 0.3 is 0 Å². The number of hydrogen-bond acceptors (Lipinski definition) is 3. The molecule has 0 spiro atoms. The van der Waals surface area contributed by atoms with Gasteiger partial charge in [0.2, 0.25) is 6.23 Å². The minimum atomic E-state index is -0.405. The third-order valence-corrected chi connectivity index (χ3v) is 3.91. The Bertz CT molecular complexity index is 660. The summed E-state index contributed by atoms with van der Waals surface area (Å²) in [5, 5.41) is 13.4. The Hall–Kier alpha value is -1.95. The fourth-order valence-corrected chi connectivity index (χ4v) is 2.71. The number of benzene rings is 2. The maximum Gasteiger partial charge on any atom is 0.269 e. The van der Waals surface area contributed by atoms with Crippen molar-refractivity contribution < 1.29 is 15.0 Å². The minimum absolute atomic E-state index is 0.0865. The van der Waals surface area contributed by atoms with Crippen LogP contribution in [0.3, 0.4) is 0 Å². The SMILES string of the molecule is O=[N+]([O-])c1ccc([C@@H]2C[NH2+][C@@H](c3ccccc3Cl)O2)cc1. The second-order valence-electron chi connectivity index (χ2n) is 4.89. The zero-order valence-corrected chi connectivity index (χ0v) is 11.9. The quantitative estimate of drug-likeness (QED) is 0.700. The van der Waals surface area contributed by atoms with E-state index in [1.165, 1.54) is 12.1 Å². The van der Waals surface area contributed by atoms with Gasteiger partial charge < -0.3 is 10.1 Å². The van der Waals surface area contributed by atoms with Crippen LogP contribution >= 0.6 is 11.6 Å². The van der Waals surface area contributed by atoms with Gasteiger partial charge in [-0.3, -0.25) is 10.1 Å². The normalized spacial score (nSPS) is 21.4. The number of nitro groups is 1. The molecule has 0 aliphatic carbocycles. The Morgan fingerprint density at radius 2 is 1.90 bits per heavy atom. The molecule has 1 heterocycles. The van der Waals surface area contributed by atoms with Crippen LogP contribution in [-0.4, -0.2) is 11.5 Å². The summed E-state index contributed by atoms with van der Waals surface area (Å²) in [6.07, 6.45) is -0.231. The van der Waals surface area contributed by atoms with Crippen LogP contribution in [0.1, 0.15) is 23.5 Å². The largest absolute Gasteiger partial charge is 0.315 e. The Morgan fingerprint density at radius 1 is 1.19 bits per heavy atom. The molecular formula is C15H14ClN2O3+. The molecule has 5 nitrogen and oxygen atoms in total. The van der Waals surface area contributed by atoms with Crippen molar-refractivity contribution in [3.8, 4) is 0 Å². The molecule has 1 fully saturated rings. The highest BCUT2D eigenvalue weighted by molar-refractivity contribution is 6.31. The summed E-state index contributed by atoms with van der Waals surface area (Å²) in [4.78, 5) is 10.3. The van der Waals surface area contributed by atoms with Gasteiger partial charge in [-0.25, -0.2) is 0 Å². The van der Waals surface area contributed by atoms with E-state index in [-0.39, 0.29) is 18.0 Å². The van der Waals surface area contributed by atoms with Crippen molar-refractivity contribution in [2.45, 2.75) is 12.3 Å². The van der Waals surface area contributed by atoms with E-state index >= 15 is 0 Å². The van der Waals surface area contributed by atoms with Crippen molar-refractivity contribution in [2.24, 2.45) is 0 Å². The number of nitro benzene ring substituents is 1. The first-order chi connectivity index (χ1) is 10.1. The average Bonchev–Trinajstić information content (AvgIpc) is 2.97. The fourth-order valence-electron chi connectivity index (χ4n) is 2.47. The van der Waals surface area contributed by atoms with E-state index in [1.54, 1.807) is 12.1 Å². The summed E-state index contributed by atoms with van der Waals surface area (Å²) in [6, 6.07) is 14.1. The predicted molar refractivity (Wildman–Crippen MR) is 77.9 cm³/mol. The molecule has 1 aliphatic heterocycles. The molecule has 108 valence electrons. The van der Waals surface area contributed by atoms with Gasteiger partial charge in [0.05, 0.1) is 15.5 Å². The van der Waals surface area contributed by atoms with Crippen LogP contribution < -0.4 is 5.32 Å². The standard InChI is InChI=1S/C15H13ClN2O3/c16-13-4-2-1-3-12(13)15-17-9-14(21-15)10-5-7-11(8-6-10)18(19)20/h1-8,14-15,17H,9H2/p+1/t14-,15+/m0/s1. The molecule has 6 heteroatoms. The van der Waals surface area contributed by atoms with E-state index in [0.717, 1.165) is 17.7 Å². The molecule has 0 radical (unpaired) electrons. The van der Waals surface area contributed by atoms with E-state index in [0.29, 0.717) is 5.02 Å². The maximum absolute atomic E-state index is 10.7. The first-order valence-corrected chi connectivity index (χ1v) is 7.00. The van der Waals surface area contributed by atoms with Gasteiger partial charge in [0.1, 0.15) is 12.6 Å². The van der Waals surface area contributed by atoms with Gasteiger partial charge in [0.15, 0.2) is 0 Å². The van der Waals surface area contributed by atoms with Gasteiger partial charge in [-0.15, -0.1) is 0 Å². The monoisotopic (exact) mass is 305 g/mol. The van der Waals surface area contributed by atoms with Gasteiger partial charge in [0.25, 0.3) is 5.69 Å². The lowest BCUT2D eigenvalue weighted by Crippen LogP contribution is -2.82. The topological polar surface area (TPSA) is 69.0 Å². The summed E-state index contributed by atoms with van der Waals surface area (Å²) in [6.45, 7) is 0.758. The highest BCUT2D eigenvalue weighted by Gasteiger charge is 2.32. The summed E-state index contributed by atoms with van der Waals surface area (Å²) >= 11 is 6.18. The molecule has 2 atom stereocenters. The van der Waals surface area contributed by atoms with Crippen LogP contribution in [-0.2, 0) is 4.74 Å². The average molecular weight is 306 g/mol. The van der Waals surface area contributed by atoms with Crippen molar-refractivity contribution in [3.63, 3.8) is 0 Å². The fraction of sp³-hybridized carbons (Fsp3) is 0.200. The number of nitrogens with two attached hydrogens (primary N) is 1. The van der Waals surface area contributed by atoms with E-state index in [2.05, 4.69) is 5.32 Å². The third-order valence-electron chi connectivity index (χ3n) is 3.56. The lowest BCUT2D eigenvalue weighted by molar-refractivity contribution is -0.698. The zero-order chi connectivity index (χ0) is 14.8. The van der Waals surface area contributed by atoms with Crippen LogP contribution in [0.15, 0.2) is 48.5 Å². The summed E-state index contributed by atoms with van der Waals surface area (Å²) < 4.78 is 6.00. The number of nitrogens with zero attached hydrogens (tertiary/aromatic N) is 1. The second-order valence-corrected chi connectivity index (χ2v) is 5.29. The Morgan fingerprint density at radius 3 is 2.57 bits per heavy atom. The summed E-state index contributed by atoms with van der Waals surface area (Å²) in [5.74, 6) is 0. The minimum Gasteiger partial charge on any atom is -0.315 e. The van der Waals surface area contributed by atoms with Crippen LogP contribution in [0.4, 0.5) is 5.69 Å². The first-order valence-electron chi connectivity index (χ1n) is 6.63. The van der Waals surface area contributed by atoms with E-state index in [4.69, 9.17) is 16.3 Å². The first kappa shape index (κ1) is 14.0. The van der Waals surface area contributed by atoms with Gasteiger partial charge in [0, 0.05) is 12.1 Å². The van der Waals surface area contributed by atoms with Crippen molar-refractivity contribution in [1.29, 1.82) is 0 Å². The number of ether oxygens (including phenoxy) is 1. The Balaban J connectivity index is 1.75. The van der Waals surface area contributed by atoms with Crippen molar-refractivity contribution in [1.82, 2.24) is 0 Å². The van der Waals surface area contributed by atoms with Crippen molar-refractivity contribution in [3.05, 3.63) is 74.8 Å². The molecule has 0 bridgehead atoms. The van der Waals surface area contributed by atoms with Crippen LogP contribution in [0.2, 0.25) is 5.02 Å². The Kier molecular flexibility index (Phi) is 3.88. The number of quaternary nitrogens is 1. The number of rotatable bonds is 3. The molecule has 2 aromatic carbocycles. The van der Waals surface area contributed by atoms with E-state index in [1.807, 2.05) is 24.3 Å². The molecule has 2 N–H and O–H groups in total. The predicted octanol–water partition coefficient (Wildman–Crippen LogP) is 2.58. The van der Waals surface area contributed by atoms with Gasteiger partial charge in [-0.05, 0) is 29.8 Å². The van der Waals surface area contributed by atoms with E-state index < -0.39 is 4.92 Å². The molecule has 0 amide bonds. The van der Waals surface area contributed by atoms with Gasteiger partial charge in [-0.1, -0.05) is 23.7 Å². The smallest absolute Gasteiger partial charge is 0.269 e. The highest BCUT2D eigenvalue weighted by atomic mass is 35.5. The molecule has 0 aromatic heterocycles. The number of non-ortho nitro benzene ring substituents is 1. The lowest BCUT2D eigenvalue weighted by Gasteiger charge is -2.11. The third kappa shape index (κ3) is 2.90. The Labute approximate surface area is 126 Å². The molecule has 21 heavy (non-hydrogen) atoms. The highest BCUT2D eigenvalue weighted by Crippen LogP contribution is 2.30. The van der Waals surface area contributed by atoms with Gasteiger partial charge in [-0.2, -0.15) is 0 Å². The van der Waals surface area contributed by atoms with Crippen LogP contribution in [0, 0.1) is 10.1 Å².